The molecule has 4 rings (SSSR count). The highest BCUT2D eigenvalue weighted by Gasteiger charge is 2.38. The zero-order valence-corrected chi connectivity index (χ0v) is 47.2. The normalized spacial score (nSPS) is 12.2. The van der Waals surface area contributed by atoms with Gasteiger partial charge in [0, 0.05) is 13.2 Å². The van der Waals surface area contributed by atoms with Crippen LogP contribution in [-0.2, 0) is 19.8 Å². The lowest BCUT2D eigenvalue weighted by Crippen LogP contribution is -2.36. The van der Waals surface area contributed by atoms with Crippen LogP contribution in [0.3, 0.4) is 0 Å². The van der Waals surface area contributed by atoms with Gasteiger partial charge in [-0.1, -0.05) is 304 Å². The smallest absolute Gasteiger partial charge is 0.288 e. The molecular weight excluding hydrogens is 931 g/mol. The molecule has 0 saturated heterocycles. The Morgan fingerprint density at radius 3 is 1.12 bits per heavy atom. The topological polar surface area (TPSA) is 108 Å². The number of hydrogen-bond acceptors (Lipinski definition) is 8. The molecule has 0 amide bonds. The number of nitrogens with zero attached hydrogens (tertiary/aromatic N) is 3. The third-order valence-corrected chi connectivity index (χ3v) is 14.2. The maximum atomic E-state index is 10.8. The fraction of sp³-hybridized carbons (Fsp3) is 0.652. The fourth-order valence-electron chi connectivity index (χ4n) is 9.70. The van der Waals surface area contributed by atoms with Gasteiger partial charge in [-0.25, -0.2) is 4.98 Å². The summed E-state index contributed by atoms with van der Waals surface area (Å²) in [6, 6.07) is 30.9. The van der Waals surface area contributed by atoms with Crippen molar-refractivity contribution in [1.29, 1.82) is 0 Å². The van der Waals surface area contributed by atoms with E-state index in [1.165, 1.54) is 205 Å². The van der Waals surface area contributed by atoms with Crippen LogP contribution in [0.2, 0.25) is 0 Å². The predicted octanol–water partition coefficient (Wildman–Crippen LogP) is 17.7. The largest absolute Gasteiger partial charge is 0.467 e. The zero-order chi connectivity index (χ0) is 53.4. The van der Waals surface area contributed by atoms with Crippen LogP contribution in [0.25, 0.3) is 4.85 Å². The average Bonchev–Trinajstić information content (AvgIpc) is 3.45. The van der Waals surface area contributed by atoms with E-state index >= 15 is 0 Å². The molecule has 418 valence electrons. The lowest BCUT2D eigenvalue weighted by Gasteiger charge is -2.36. The SMILES string of the molecule is CCCCCCCCCCCCCCCCCCOC[C@@H](O)COC(c1ccccc1)(c1ccccc1)c1ccccc1.[C-]#[N+]c1cnc(O[C@@H](CO)COCCCCCCCCCCCCCCCCCC)cn1. The Bertz CT molecular complexity index is 1780. The minimum atomic E-state index is -0.821. The second-order valence-electron chi connectivity index (χ2n) is 20.7. The van der Waals surface area contributed by atoms with Crippen LogP contribution < -0.4 is 4.74 Å². The predicted molar refractivity (Wildman–Crippen MR) is 312 cm³/mol. The van der Waals surface area contributed by atoms with Gasteiger partial charge in [0.1, 0.15) is 17.8 Å². The van der Waals surface area contributed by atoms with Crippen LogP contribution in [0.15, 0.2) is 103 Å². The Kier molecular flexibility index (Phi) is 39.9. The molecule has 0 aliphatic rings. The number of unbranched alkanes of at least 4 members (excludes halogenated alkanes) is 30. The Labute approximate surface area is 457 Å². The molecule has 0 spiro atoms. The Morgan fingerprint density at radius 2 is 0.800 bits per heavy atom. The molecule has 0 unspecified atom stereocenters. The molecule has 2 atom stereocenters. The van der Waals surface area contributed by atoms with Crippen molar-refractivity contribution in [3.8, 4) is 5.88 Å². The van der Waals surface area contributed by atoms with Gasteiger partial charge in [-0.3, -0.25) is 0 Å². The Hall–Kier alpha value is -4.17. The van der Waals surface area contributed by atoms with E-state index in [0.717, 1.165) is 29.5 Å². The first kappa shape index (κ1) is 65.1. The molecule has 0 bridgehead atoms. The number of aliphatic hydroxyl groups excluding tert-OH is 2. The van der Waals surface area contributed by atoms with E-state index in [4.69, 9.17) is 25.5 Å². The molecule has 0 fully saturated rings. The van der Waals surface area contributed by atoms with Gasteiger partial charge in [-0.2, -0.15) is 0 Å². The van der Waals surface area contributed by atoms with E-state index in [0.29, 0.717) is 25.7 Å². The molecule has 3 aromatic carbocycles. The van der Waals surface area contributed by atoms with Crippen LogP contribution >= 0.6 is 0 Å². The molecule has 75 heavy (non-hydrogen) atoms. The van der Waals surface area contributed by atoms with E-state index in [1.807, 2.05) is 54.6 Å². The highest BCUT2D eigenvalue weighted by Crippen LogP contribution is 2.40. The van der Waals surface area contributed by atoms with Crippen LogP contribution in [0.1, 0.15) is 236 Å². The Morgan fingerprint density at radius 1 is 0.453 bits per heavy atom. The number of aromatic nitrogens is 2. The summed E-state index contributed by atoms with van der Waals surface area (Å²) >= 11 is 0. The van der Waals surface area contributed by atoms with Gasteiger partial charge in [-0.05, 0) is 29.5 Å². The van der Waals surface area contributed by atoms with Gasteiger partial charge >= 0.3 is 0 Å². The zero-order valence-electron chi connectivity index (χ0n) is 47.2. The summed E-state index contributed by atoms with van der Waals surface area (Å²) in [5.41, 5.74) is 2.29. The van der Waals surface area contributed by atoms with Crippen LogP contribution in [0.4, 0.5) is 5.82 Å². The van der Waals surface area contributed by atoms with Crippen molar-refractivity contribution < 1.29 is 29.2 Å². The maximum absolute atomic E-state index is 10.8. The summed E-state index contributed by atoms with van der Waals surface area (Å²) < 4.78 is 23.8. The average molecular weight is 1030 g/mol. The maximum Gasteiger partial charge on any atom is 0.288 e. The lowest BCUT2D eigenvalue weighted by molar-refractivity contribution is -0.0641. The molecular formula is C66H103N3O6. The van der Waals surface area contributed by atoms with Crippen LogP contribution in [0.5, 0.6) is 5.88 Å². The monoisotopic (exact) mass is 1030 g/mol. The molecule has 0 radical (unpaired) electrons. The van der Waals surface area contributed by atoms with Crippen LogP contribution in [0, 0.1) is 6.57 Å². The van der Waals surface area contributed by atoms with Gasteiger partial charge in [0.25, 0.3) is 11.7 Å². The summed E-state index contributed by atoms with van der Waals surface area (Å²) in [4.78, 5) is 11.1. The first-order valence-corrected chi connectivity index (χ1v) is 30.2. The fourth-order valence-corrected chi connectivity index (χ4v) is 9.70. The summed E-state index contributed by atoms with van der Waals surface area (Å²) in [7, 11) is 0. The molecule has 1 heterocycles. The van der Waals surface area contributed by atoms with Crippen molar-refractivity contribution in [2.24, 2.45) is 0 Å². The van der Waals surface area contributed by atoms with E-state index in [-0.39, 0.29) is 25.6 Å². The highest BCUT2D eigenvalue weighted by molar-refractivity contribution is 5.47. The van der Waals surface area contributed by atoms with Gasteiger partial charge in [0.15, 0.2) is 6.20 Å². The first-order chi connectivity index (χ1) is 37.1. The third-order valence-electron chi connectivity index (χ3n) is 14.2. The van der Waals surface area contributed by atoms with Gasteiger partial charge in [-0.15, -0.1) is 4.98 Å². The van der Waals surface area contributed by atoms with Gasteiger partial charge in [0.2, 0.25) is 0 Å². The summed E-state index contributed by atoms with van der Waals surface area (Å²) in [6.07, 6.45) is 45.0. The third kappa shape index (κ3) is 31.0. The molecule has 2 N–H and O–H groups in total. The second-order valence-corrected chi connectivity index (χ2v) is 20.7. The molecule has 1 aromatic heterocycles. The van der Waals surface area contributed by atoms with E-state index in [1.54, 1.807) is 0 Å². The Balaban J connectivity index is 0.000000414. The molecule has 4 aromatic rings. The van der Waals surface area contributed by atoms with Crippen LogP contribution in [-0.4, -0.2) is 72.0 Å². The van der Waals surface area contributed by atoms with Crippen molar-refractivity contribution in [3.63, 3.8) is 0 Å². The van der Waals surface area contributed by atoms with Gasteiger partial charge < -0.3 is 34.0 Å². The standard InChI is InChI=1S/C40H58O3.C26H45N3O3/c1-2-3-4-5-6-7-8-9-10-11-12-13-14-15-16-26-33-42-34-39(41)35-43-40(36-27-20-17-21-28-36,37-29-22-18-23-30-37)38-31-24-19-25-32-38;1-3-4-5-6-7-8-9-10-11-12-13-14-15-16-17-18-19-31-23-24(22-30)32-26-21-28-25(27-2)20-29-26/h17-25,27-32,39,41H,2-16,26,33-35H2,1H3;20-21,24,30H,3-19,22-23H2,1H3/t39-;24-/m10/s1. The van der Waals surface area contributed by atoms with Crippen molar-refractivity contribution in [2.45, 2.75) is 237 Å². The van der Waals surface area contributed by atoms with Crippen molar-refractivity contribution in [3.05, 3.63) is 131 Å². The molecule has 0 saturated carbocycles. The summed E-state index contributed by atoms with van der Waals surface area (Å²) in [6.45, 7) is 13.4. The van der Waals surface area contributed by atoms with E-state index in [2.05, 4.69) is 65.1 Å². The number of hydrogen-bond donors (Lipinski definition) is 2. The summed E-state index contributed by atoms with van der Waals surface area (Å²) in [5, 5.41) is 20.3. The van der Waals surface area contributed by atoms with Crippen molar-refractivity contribution in [1.82, 2.24) is 9.97 Å². The number of rotatable bonds is 47. The highest BCUT2D eigenvalue weighted by atomic mass is 16.5. The minimum absolute atomic E-state index is 0.148. The summed E-state index contributed by atoms with van der Waals surface area (Å²) in [5.74, 6) is 0.514. The second kappa shape index (κ2) is 46.0. The molecule has 9 nitrogen and oxygen atoms in total. The first-order valence-electron chi connectivity index (χ1n) is 30.2. The van der Waals surface area contributed by atoms with Crippen molar-refractivity contribution in [2.75, 3.05) is 39.6 Å². The van der Waals surface area contributed by atoms with Crippen molar-refractivity contribution >= 4 is 5.82 Å². The molecule has 0 aliphatic heterocycles. The molecule has 9 heteroatoms. The van der Waals surface area contributed by atoms with E-state index < -0.39 is 17.8 Å². The number of ether oxygens (including phenoxy) is 4. The number of aliphatic hydroxyl groups is 2. The quantitative estimate of drug-likeness (QED) is 0.0256. The molecule has 0 aliphatic carbocycles. The lowest BCUT2D eigenvalue weighted by atomic mass is 9.80. The van der Waals surface area contributed by atoms with Gasteiger partial charge in [0.05, 0.1) is 32.6 Å². The van der Waals surface area contributed by atoms with E-state index in [9.17, 15) is 10.2 Å². The minimum Gasteiger partial charge on any atom is -0.467 e. The number of benzene rings is 3.